The van der Waals surface area contributed by atoms with E-state index in [2.05, 4.69) is 37.4 Å². The molecule has 0 amide bonds. The molecule has 0 heterocycles. The zero-order chi connectivity index (χ0) is 12.8. The Labute approximate surface area is 109 Å². The van der Waals surface area contributed by atoms with Crippen LogP contribution < -0.4 is 10.1 Å². The molecular weight excluding hydrogens is 222 g/mol. The van der Waals surface area contributed by atoms with Crippen LogP contribution >= 0.6 is 0 Å². The lowest BCUT2D eigenvalue weighted by atomic mass is 10.1. The van der Waals surface area contributed by atoms with E-state index >= 15 is 0 Å². The van der Waals surface area contributed by atoms with Crippen LogP contribution in [0.25, 0.3) is 0 Å². The van der Waals surface area contributed by atoms with E-state index in [-0.39, 0.29) is 0 Å². The van der Waals surface area contributed by atoms with Gasteiger partial charge in [0.25, 0.3) is 0 Å². The van der Waals surface area contributed by atoms with E-state index in [9.17, 15) is 0 Å². The van der Waals surface area contributed by atoms with E-state index in [1.165, 1.54) is 11.1 Å². The van der Waals surface area contributed by atoms with E-state index in [1.807, 2.05) is 30.3 Å². The molecule has 0 fully saturated rings. The maximum absolute atomic E-state index is 5.63. The van der Waals surface area contributed by atoms with Crippen molar-refractivity contribution < 1.29 is 4.74 Å². The van der Waals surface area contributed by atoms with Crippen LogP contribution in [-0.4, -0.2) is 13.2 Å². The SMILES string of the molecule is Cc1cc(C)cc(NCCOc2ccccc2)c1. The van der Waals surface area contributed by atoms with E-state index < -0.39 is 0 Å². The number of anilines is 1. The van der Waals surface area contributed by atoms with E-state index in [1.54, 1.807) is 0 Å². The molecule has 2 aromatic rings. The van der Waals surface area contributed by atoms with Gasteiger partial charge in [-0.15, -0.1) is 0 Å². The number of aryl methyl sites for hydroxylation is 2. The Morgan fingerprint density at radius 2 is 1.61 bits per heavy atom. The summed E-state index contributed by atoms with van der Waals surface area (Å²) < 4.78 is 5.63. The first kappa shape index (κ1) is 12.5. The minimum absolute atomic E-state index is 0.664. The van der Waals surface area contributed by atoms with Gasteiger partial charge in [-0.2, -0.15) is 0 Å². The van der Waals surface area contributed by atoms with Crippen LogP contribution in [0.3, 0.4) is 0 Å². The van der Waals surface area contributed by atoms with Crippen molar-refractivity contribution in [2.24, 2.45) is 0 Å². The summed E-state index contributed by atoms with van der Waals surface area (Å²) in [7, 11) is 0. The number of hydrogen-bond donors (Lipinski definition) is 1. The van der Waals surface area contributed by atoms with E-state index in [0.717, 1.165) is 18.0 Å². The van der Waals surface area contributed by atoms with Gasteiger partial charge in [-0.05, 0) is 49.2 Å². The second kappa shape index (κ2) is 6.10. The highest BCUT2D eigenvalue weighted by Gasteiger charge is 1.96. The molecule has 0 bridgehead atoms. The van der Waals surface area contributed by atoms with Gasteiger partial charge in [0.1, 0.15) is 12.4 Å². The number of ether oxygens (including phenoxy) is 1. The van der Waals surface area contributed by atoms with Crippen LogP contribution in [0.2, 0.25) is 0 Å². The number of nitrogens with one attached hydrogen (secondary N) is 1. The molecule has 2 rings (SSSR count). The molecule has 0 saturated heterocycles. The topological polar surface area (TPSA) is 21.3 Å². The maximum atomic E-state index is 5.63. The average molecular weight is 241 g/mol. The van der Waals surface area contributed by atoms with Crippen molar-refractivity contribution in [1.82, 2.24) is 0 Å². The predicted molar refractivity (Wildman–Crippen MR) is 76.3 cm³/mol. The summed E-state index contributed by atoms with van der Waals surface area (Å²) in [5.41, 5.74) is 3.71. The summed E-state index contributed by atoms with van der Waals surface area (Å²) in [4.78, 5) is 0. The maximum Gasteiger partial charge on any atom is 0.119 e. The molecule has 2 heteroatoms. The summed E-state index contributed by atoms with van der Waals surface area (Å²) in [6, 6.07) is 16.4. The van der Waals surface area contributed by atoms with Gasteiger partial charge in [-0.1, -0.05) is 24.3 Å². The lowest BCUT2D eigenvalue weighted by Gasteiger charge is -2.10. The van der Waals surface area contributed by atoms with Crippen molar-refractivity contribution in [2.75, 3.05) is 18.5 Å². The fraction of sp³-hybridized carbons (Fsp3) is 0.250. The Morgan fingerprint density at radius 1 is 0.944 bits per heavy atom. The van der Waals surface area contributed by atoms with Gasteiger partial charge in [0.15, 0.2) is 0 Å². The fourth-order valence-electron chi connectivity index (χ4n) is 1.96. The highest BCUT2D eigenvalue weighted by Crippen LogP contribution is 2.13. The van der Waals surface area contributed by atoms with Gasteiger partial charge in [-0.3, -0.25) is 0 Å². The number of rotatable bonds is 5. The van der Waals surface area contributed by atoms with Crippen molar-refractivity contribution >= 4 is 5.69 Å². The molecule has 0 radical (unpaired) electrons. The molecule has 0 unspecified atom stereocenters. The molecule has 2 aromatic carbocycles. The predicted octanol–water partition coefficient (Wildman–Crippen LogP) is 3.79. The van der Waals surface area contributed by atoms with Crippen LogP contribution in [0.4, 0.5) is 5.69 Å². The van der Waals surface area contributed by atoms with Crippen molar-refractivity contribution in [2.45, 2.75) is 13.8 Å². The van der Waals surface area contributed by atoms with Crippen molar-refractivity contribution in [3.05, 3.63) is 59.7 Å². The third-order valence-electron chi connectivity index (χ3n) is 2.66. The van der Waals surface area contributed by atoms with Gasteiger partial charge in [0, 0.05) is 12.2 Å². The lowest BCUT2D eigenvalue weighted by molar-refractivity contribution is 0.333. The monoisotopic (exact) mass is 241 g/mol. The summed E-state index contributed by atoms with van der Waals surface area (Å²) in [5, 5.41) is 3.37. The highest BCUT2D eigenvalue weighted by molar-refractivity contribution is 5.48. The second-order valence-electron chi connectivity index (χ2n) is 4.46. The third-order valence-corrected chi connectivity index (χ3v) is 2.66. The van der Waals surface area contributed by atoms with Gasteiger partial charge in [0.05, 0.1) is 0 Å². The number of benzene rings is 2. The Kier molecular flexibility index (Phi) is 4.24. The smallest absolute Gasteiger partial charge is 0.119 e. The first-order chi connectivity index (χ1) is 8.74. The lowest BCUT2D eigenvalue weighted by Crippen LogP contribution is -2.11. The number of hydrogen-bond acceptors (Lipinski definition) is 2. The Morgan fingerprint density at radius 3 is 2.28 bits per heavy atom. The Bertz CT molecular complexity index is 473. The minimum Gasteiger partial charge on any atom is -0.492 e. The molecule has 0 aromatic heterocycles. The van der Waals surface area contributed by atoms with Crippen LogP contribution in [0.15, 0.2) is 48.5 Å². The van der Waals surface area contributed by atoms with Gasteiger partial charge in [0.2, 0.25) is 0 Å². The highest BCUT2D eigenvalue weighted by atomic mass is 16.5. The van der Waals surface area contributed by atoms with Crippen LogP contribution in [0, 0.1) is 13.8 Å². The standard InChI is InChI=1S/C16H19NO/c1-13-10-14(2)12-15(11-13)17-8-9-18-16-6-4-3-5-7-16/h3-7,10-12,17H,8-9H2,1-2H3. The van der Waals surface area contributed by atoms with Crippen LogP contribution in [0.1, 0.15) is 11.1 Å². The zero-order valence-electron chi connectivity index (χ0n) is 10.9. The van der Waals surface area contributed by atoms with Crippen LogP contribution in [0.5, 0.6) is 5.75 Å². The minimum atomic E-state index is 0.664. The largest absolute Gasteiger partial charge is 0.492 e. The fourth-order valence-corrected chi connectivity index (χ4v) is 1.96. The quantitative estimate of drug-likeness (QED) is 0.804. The molecule has 0 aliphatic heterocycles. The molecule has 0 aliphatic carbocycles. The normalized spacial score (nSPS) is 10.1. The summed E-state index contributed by atoms with van der Waals surface area (Å²) >= 11 is 0. The molecule has 0 aliphatic rings. The molecular formula is C16H19NO. The third kappa shape index (κ3) is 3.81. The molecule has 0 spiro atoms. The van der Waals surface area contributed by atoms with Gasteiger partial charge >= 0.3 is 0 Å². The zero-order valence-corrected chi connectivity index (χ0v) is 10.9. The first-order valence-electron chi connectivity index (χ1n) is 6.24. The van der Waals surface area contributed by atoms with E-state index in [4.69, 9.17) is 4.74 Å². The van der Waals surface area contributed by atoms with Crippen molar-refractivity contribution in [3.63, 3.8) is 0 Å². The second-order valence-corrected chi connectivity index (χ2v) is 4.46. The summed E-state index contributed by atoms with van der Waals surface area (Å²) in [5.74, 6) is 0.916. The molecule has 0 atom stereocenters. The number of para-hydroxylation sites is 1. The summed E-state index contributed by atoms with van der Waals surface area (Å²) in [6.45, 7) is 5.69. The molecule has 1 N–H and O–H groups in total. The first-order valence-corrected chi connectivity index (χ1v) is 6.24. The Balaban J connectivity index is 1.78. The molecule has 2 nitrogen and oxygen atoms in total. The van der Waals surface area contributed by atoms with Gasteiger partial charge in [-0.25, -0.2) is 0 Å². The van der Waals surface area contributed by atoms with Gasteiger partial charge < -0.3 is 10.1 Å². The molecule has 94 valence electrons. The average Bonchev–Trinajstić information content (AvgIpc) is 2.35. The van der Waals surface area contributed by atoms with Crippen molar-refractivity contribution in [1.29, 1.82) is 0 Å². The van der Waals surface area contributed by atoms with Crippen LogP contribution in [-0.2, 0) is 0 Å². The molecule has 18 heavy (non-hydrogen) atoms. The molecule has 0 saturated carbocycles. The summed E-state index contributed by atoms with van der Waals surface area (Å²) in [6.07, 6.45) is 0. The van der Waals surface area contributed by atoms with E-state index in [0.29, 0.717) is 6.61 Å². The van der Waals surface area contributed by atoms with Crippen molar-refractivity contribution in [3.8, 4) is 5.75 Å². The Hall–Kier alpha value is -1.96.